The number of rotatable bonds is 0. The van der Waals surface area contributed by atoms with Gasteiger partial charge in [-0.2, -0.15) is 0 Å². The van der Waals surface area contributed by atoms with Crippen molar-refractivity contribution in [3.05, 3.63) is 109 Å². The largest absolute Gasteiger partial charge is 4.00 e. The van der Waals surface area contributed by atoms with Crippen molar-refractivity contribution in [3.63, 3.8) is 0 Å². The molecular weight excluding hydrogens is 398 g/mol. The average molecular weight is 416 g/mol. The summed E-state index contributed by atoms with van der Waals surface area (Å²) in [6.45, 7) is 0. The first-order valence-electron chi connectivity index (χ1n) is 8.96. The van der Waals surface area contributed by atoms with Crippen molar-refractivity contribution >= 4 is 43.1 Å². The molecule has 6 rings (SSSR count). The fourth-order valence-electron chi connectivity index (χ4n) is 3.81. The van der Waals surface area contributed by atoms with Crippen LogP contribution >= 0.6 is 0 Å². The average Bonchev–Trinajstić information content (AvgIpc) is 3.27. The molecule has 0 unspecified atom stereocenters. The van der Waals surface area contributed by atoms with Gasteiger partial charge in [0, 0.05) is 0 Å². The third kappa shape index (κ3) is 4.14. The van der Waals surface area contributed by atoms with E-state index in [1.54, 1.807) is 0 Å². The third-order valence-corrected chi connectivity index (χ3v) is 5.05. The Labute approximate surface area is 183 Å². The van der Waals surface area contributed by atoms with Crippen molar-refractivity contribution in [1.29, 1.82) is 0 Å². The quantitative estimate of drug-likeness (QED) is 0.260. The molecule has 0 amide bonds. The molecule has 0 aromatic heterocycles. The zero-order chi connectivity index (χ0) is 17.3. The van der Waals surface area contributed by atoms with E-state index in [2.05, 4.69) is 109 Å². The van der Waals surface area contributed by atoms with Gasteiger partial charge in [-0.05, 0) is 0 Å². The van der Waals surface area contributed by atoms with Crippen LogP contribution in [0.1, 0.15) is 0 Å². The zero-order valence-corrected chi connectivity index (χ0v) is 17.2. The second kappa shape index (κ2) is 9.60. The number of benzene rings is 4. The van der Waals surface area contributed by atoms with Crippen LogP contribution in [-0.2, 0) is 21.7 Å². The summed E-state index contributed by atoms with van der Waals surface area (Å²) in [7, 11) is 0. The topological polar surface area (TPSA) is 0 Å². The first-order valence-corrected chi connectivity index (χ1v) is 8.96. The van der Waals surface area contributed by atoms with Gasteiger partial charge in [0.1, 0.15) is 0 Å². The molecule has 0 spiro atoms. The predicted molar refractivity (Wildman–Crippen MR) is 114 cm³/mol. The van der Waals surface area contributed by atoms with Crippen LogP contribution in [0.4, 0.5) is 0 Å². The molecule has 0 atom stereocenters. The van der Waals surface area contributed by atoms with Crippen molar-refractivity contribution in [2.45, 2.75) is 0 Å². The van der Waals surface area contributed by atoms with E-state index in [9.17, 15) is 0 Å². The Morgan fingerprint density at radius 1 is 0.345 bits per heavy atom. The SMILES string of the molecule is [F-].[F-].[Ti+4].c1ccc2c(c1)[cH-]c1ccccc12.c1ccc2c(c1)[cH-]c1ccccc12. The summed E-state index contributed by atoms with van der Waals surface area (Å²) in [6.07, 6.45) is 0. The summed E-state index contributed by atoms with van der Waals surface area (Å²) in [6, 6.07) is 38.5. The molecule has 0 aliphatic carbocycles. The summed E-state index contributed by atoms with van der Waals surface area (Å²) in [4.78, 5) is 0. The van der Waals surface area contributed by atoms with E-state index in [-0.39, 0.29) is 31.1 Å². The molecule has 0 saturated heterocycles. The molecule has 3 heteroatoms. The van der Waals surface area contributed by atoms with Crippen LogP contribution in [0.15, 0.2) is 109 Å². The molecule has 0 aliphatic rings. The standard InChI is InChI=1S/2C13H9.2FH.Ti/c2*1-3-7-12-10(5-1)9-11-6-2-4-8-13(11)12;;;/h2*1-9H;2*1H;/q2*-1;;;+4/p-2. The number of hydrogen-bond acceptors (Lipinski definition) is 0. The number of fused-ring (bicyclic) bond motifs is 6. The Morgan fingerprint density at radius 3 is 0.793 bits per heavy atom. The monoisotopic (exact) mass is 416 g/mol. The molecule has 29 heavy (non-hydrogen) atoms. The van der Waals surface area contributed by atoms with E-state index in [0.717, 1.165) is 0 Å². The molecule has 0 N–H and O–H groups in total. The van der Waals surface area contributed by atoms with E-state index in [1.165, 1.54) is 43.1 Å². The second-order valence-corrected chi connectivity index (χ2v) is 6.64. The van der Waals surface area contributed by atoms with Crippen molar-refractivity contribution in [3.8, 4) is 0 Å². The van der Waals surface area contributed by atoms with Crippen molar-refractivity contribution in [1.82, 2.24) is 0 Å². The van der Waals surface area contributed by atoms with Crippen LogP contribution in [-0.4, -0.2) is 0 Å². The van der Waals surface area contributed by atoms with Gasteiger partial charge in [-0.1, -0.05) is 72.8 Å². The molecule has 0 aliphatic heterocycles. The Kier molecular flexibility index (Phi) is 7.44. The van der Waals surface area contributed by atoms with Gasteiger partial charge in [-0.25, -0.2) is 0 Å². The molecule has 0 radical (unpaired) electrons. The van der Waals surface area contributed by atoms with Crippen LogP contribution < -0.4 is 9.41 Å². The van der Waals surface area contributed by atoms with Crippen LogP contribution in [0.25, 0.3) is 43.1 Å². The minimum atomic E-state index is 0. The van der Waals surface area contributed by atoms with Gasteiger partial charge >= 0.3 is 21.7 Å². The summed E-state index contributed by atoms with van der Waals surface area (Å²) >= 11 is 0. The summed E-state index contributed by atoms with van der Waals surface area (Å²) in [5.74, 6) is 0. The van der Waals surface area contributed by atoms with E-state index in [4.69, 9.17) is 0 Å². The molecule has 0 fully saturated rings. The van der Waals surface area contributed by atoms with Gasteiger partial charge in [-0.3, -0.25) is 0 Å². The van der Waals surface area contributed by atoms with Crippen LogP contribution in [0, 0.1) is 0 Å². The van der Waals surface area contributed by atoms with Crippen LogP contribution in [0.2, 0.25) is 0 Å². The summed E-state index contributed by atoms with van der Waals surface area (Å²) in [5, 5.41) is 10.8. The second-order valence-electron chi connectivity index (χ2n) is 6.64. The summed E-state index contributed by atoms with van der Waals surface area (Å²) in [5.41, 5.74) is 0. The minimum Gasteiger partial charge on any atom is -1.00 e. The first-order chi connectivity index (χ1) is 12.9. The fraction of sp³-hybridized carbons (Fsp3) is 0. The Bertz CT molecular complexity index is 1140. The molecule has 0 saturated carbocycles. The molecule has 140 valence electrons. The van der Waals surface area contributed by atoms with Crippen molar-refractivity contribution in [2.24, 2.45) is 0 Å². The van der Waals surface area contributed by atoms with Crippen LogP contribution in [0.5, 0.6) is 0 Å². The maximum absolute atomic E-state index is 2.24. The molecule has 0 nitrogen and oxygen atoms in total. The van der Waals surface area contributed by atoms with Crippen LogP contribution in [0.3, 0.4) is 0 Å². The molecule has 0 bridgehead atoms. The van der Waals surface area contributed by atoms with Gasteiger partial charge < -0.3 is 9.41 Å². The van der Waals surface area contributed by atoms with Gasteiger partial charge in [0.25, 0.3) is 0 Å². The van der Waals surface area contributed by atoms with Crippen molar-refractivity contribution < 1.29 is 31.1 Å². The zero-order valence-electron chi connectivity index (χ0n) is 15.6. The summed E-state index contributed by atoms with van der Waals surface area (Å²) < 4.78 is 0. The Balaban J connectivity index is 0.000000187. The normalized spacial score (nSPS) is 9.93. The molecule has 0 heterocycles. The maximum atomic E-state index is 2.24. The van der Waals surface area contributed by atoms with E-state index in [1.807, 2.05) is 0 Å². The number of halogens is 2. The van der Waals surface area contributed by atoms with Gasteiger partial charge in [-0.15, -0.1) is 79.5 Å². The fourth-order valence-corrected chi connectivity index (χ4v) is 3.81. The Morgan fingerprint density at radius 2 is 0.552 bits per heavy atom. The Hall–Kier alpha value is -2.81. The maximum Gasteiger partial charge on any atom is 4.00 e. The molecule has 6 aromatic rings. The van der Waals surface area contributed by atoms with E-state index < -0.39 is 0 Å². The third-order valence-electron chi connectivity index (χ3n) is 5.05. The molecular formula is C26H18F2Ti. The van der Waals surface area contributed by atoms with Gasteiger partial charge in [0.15, 0.2) is 0 Å². The van der Waals surface area contributed by atoms with Crippen molar-refractivity contribution in [2.75, 3.05) is 0 Å². The minimum absolute atomic E-state index is 0. The van der Waals surface area contributed by atoms with E-state index in [0.29, 0.717) is 0 Å². The van der Waals surface area contributed by atoms with Gasteiger partial charge in [0.05, 0.1) is 0 Å². The smallest absolute Gasteiger partial charge is 1.00 e. The first kappa shape index (κ1) is 22.5. The van der Waals surface area contributed by atoms with E-state index >= 15 is 0 Å². The van der Waals surface area contributed by atoms with Gasteiger partial charge in [0.2, 0.25) is 0 Å². The molecule has 6 aromatic carbocycles. The number of hydrogen-bond donors (Lipinski definition) is 0. The predicted octanol–water partition coefficient (Wildman–Crippen LogP) is 1.43.